The number of hydrogen-bond donors (Lipinski definition) is 0. The van der Waals surface area contributed by atoms with Crippen molar-refractivity contribution in [3.8, 4) is 0 Å². The molecule has 3 heteroatoms. The maximum absolute atomic E-state index is 12.3. The lowest BCUT2D eigenvalue weighted by molar-refractivity contribution is 0.0843. The molecule has 1 aromatic rings. The van der Waals surface area contributed by atoms with E-state index in [1.165, 1.54) is 12.8 Å². The van der Waals surface area contributed by atoms with Gasteiger partial charge in [-0.15, -0.1) is 0 Å². The molecule has 0 bridgehead atoms. The molecule has 3 nitrogen and oxygen atoms in total. The average molecular weight is 258 g/mol. The molecule has 1 saturated heterocycles. The van der Waals surface area contributed by atoms with Gasteiger partial charge in [0.1, 0.15) is 0 Å². The summed E-state index contributed by atoms with van der Waals surface area (Å²) in [6, 6.07) is 8.75. The minimum absolute atomic E-state index is 0.262. The van der Waals surface area contributed by atoms with Gasteiger partial charge in [0, 0.05) is 37.8 Å². The molecule has 0 aromatic heterocycles. The smallest absolute Gasteiger partial charge is 0.177 e. The summed E-state index contributed by atoms with van der Waals surface area (Å²) >= 11 is 0. The van der Waals surface area contributed by atoms with Crippen LogP contribution in [-0.4, -0.2) is 54.3 Å². The van der Waals surface area contributed by atoms with Crippen LogP contribution in [0.15, 0.2) is 24.3 Å². The molecule has 0 amide bonds. The molecule has 3 rings (SSSR count). The Balaban J connectivity index is 1.54. The van der Waals surface area contributed by atoms with Gasteiger partial charge in [-0.25, -0.2) is 0 Å². The van der Waals surface area contributed by atoms with Crippen molar-refractivity contribution < 1.29 is 4.79 Å². The van der Waals surface area contributed by atoms with Gasteiger partial charge in [0.25, 0.3) is 0 Å². The van der Waals surface area contributed by atoms with E-state index in [4.69, 9.17) is 0 Å². The summed E-state index contributed by atoms with van der Waals surface area (Å²) in [7, 11) is 0. The molecule has 0 N–H and O–H groups in total. The van der Waals surface area contributed by atoms with E-state index < -0.39 is 0 Å². The minimum Gasteiger partial charge on any atom is -0.298 e. The van der Waals surface area contributed by atoms with Gasteiger partial charge in [-0.1, -0.05) is 24.3 Å². The highest BCUT2D eigenvalue weighted by Gasteiger charge is 2.31. The lowest BCUT2D eigenvalue weighted by atomic mass is 10.0. The van der Waals surface area contributed by atoms with E-state index in [0.717, 1.165) is 43.3 Å². The molecule has 0 unspecified atom stereocenters. The first-order valence-electron chi connectivity index (χ1n) is 7.29. The molecule has 1 saturated carbocycles. The molecular formula is C16H22N2O. The fourth-order valence-corrected chi connectivity index (χ4v) is 2.90. The third-order valence-corrected chi connectivity index (χ3v) is 4.28. The molecule has 0 radical (unpaired) electrons. The van der Waals surface area contributed by atoms with E-state index in [9.17, 15) is 4.79 Å². The van der Waals surface area contributed by atoms with Crippen LogP contribution in [0.5, 0.6) is 0 Å². The number of carbonyl (C=O) groups excluding carboxylic acids is 1. The Kier molecular flexibility index (Phi) is 3.67. The number of carbonyl (C=O) groups is 1. The van der Waals surface area contributed by atoms with Crippen molar-refractivity contribution in [1.82, 2.24) is 9.80 Å². The Morgan fingerprint density at radius 1 is 1.16 bits per heavy atom. The topological polar surface area (TPSA) is 23.6 Å². The Bertz CT molecular complexity index is 460. The molecule has 2 fully saturated rings. The molecular weight excluding hydrogens is 236 g/mol. The van der Waals surface area contributed by atoms with Gasteiger partial charge in [0.05, 0.1) is 6.54 Å². The lowest BCUT2D eigenvalue weighted by Crippen LogP contribution is -2.48. The Hall–Kier alpha value is -1.19. The molecule has 102 valence electrons. The molecule has 1 aromatic carbocycles. The Morgan fingerprint density at radius 2 is 1.84 bits per heavy atom. The first-order chi connectivity index (χ1) is 9.24. The van der Waals surface area contributed by atoms with E-state index in [2.05, 4.69) is 9.80 Å². The average Bonchev–Trinajstić information content (AvgIpc) is 3.24. The number of hydrogen-bond acceptors (Lipinski definition) is 3. The number of aryl methyl sites for hydroxylation is 1. The summed E-state index contributed by atoms with van der Waals surface area (Å²) in [6.07, 6.45) is 2.75. The summed E-state index contributed by atoms with van der Waals surface area (Å²) in [4.78, 5) is 17.2. The molecule has 1 aliphatic heterocycles. The molecule has 19 heavy (non-hydrogen) atoms. The van der Waals surface area contributed by atoms with Gasteiger partial charge in [-0.3, -0.25) is 14.6 Å². The molecule has 0 atom stereocenters. The van der Waals surface area contributed by atoms with E-state index >= 15 is 0 Å². The fourth-order valence-electron chi connectivity index (χ4n) is 2.90. The first kappa shape index (κ1) is 12.8. The predicted molar refractivity (Wildman–Crippen MR) is 76.5 cm³/mol. The number of Topliss-reactive ketones (excluding diaryl/α,β-unsaturated/α-hetero) is 1. The van der Waals surface area contributed by atoms with E-state index in [1.807, 2.05) is 31.2 Å². The Labute approximate surface area is 115 Å². The number of nitrogens with zero attached hydrogens (tertiary/aromatic N) is 2. The summed E-state index contributed by atoms with van der Waals surface area (Å²) in [5, 5.41) is 0. The van der Waals surface area contributed by atoms with Crippen molar-refractivity contribution in [3.63, 3.8) is 0 Å². The maximum Gasteiger partial charge on any atom is 0.177 e. The van der Waals surface area contributed by atoms with Crippen LogP contribution < -0.4 is 0 Å². The third-order valence-electron chi connectivity index (χ3n) is 4.28. The van der Waals surface area contributed by atoms with Crippen LogP contribution in [0.3, 0.4) is 0 Å². The second kappa shape index (κ2) is 5.43. The van der Waals surface area contributed by atoms with Crippen molar-refractivity contribution >= 4 is 5.78 Å². The highest BCUT2D eigenvalue weighted by atomic mass is 16.1. The van der Waals surface area contributed by atoms with Gasteiger partial charge < -0.3 is 0 Å². The summed E-state index contributed by atoms with van der Waals surface area (Å²) < 4.78 is 0. The van der Waals surface area contributed by atoms with Gasteiger partial charge in [0.2, 0.25) is 0 Å². The number of ketones is 1. The highest BCUT2D eigenvalue weighted by molar-refractivity contribution is 5.98. The largest absolute Gasteiger partial charge is 0.298 e. The number of rotatable bonds is 4. The molecule has 1 aliphatic carbocycles. The SMILES string of the molecule is Cc1ccccc1C(=O)CN1CCN(C2CC2)CC1. The number of piperazine rings is 1. The number of benzene rings is 1. The van der Waals surface area contributed by atoms with Crippen molar-refractivity contribution in [1.29, 1.82) is 0 Å². The van der Waals surface area contributed by atoms with Crippen LogP contribution in [0.25, 0.3) is 0 Å². The van der Waals surface area contributed by atoms with E-state index in [0.29, 0.717) is 6.54 Å². The predicted octanol–water partition coefficient (Wildman–Crippen LogP) is 1.96. The Morgan fingerprint density at radius 3 is 2.47 bits per heavy atom. The summed E-state index contributed by atoms with van der Waals surface area (Å²) in [5.41, 5.74) is 1.97. The van der Waals surface area contributed by atoms with Crippen molar-refractivity contribution in [3.05, 3.63) is 35.4 Å². The van der Waals surface area contributed by atoms with Crippen LogP contribution in [0, 0.1) is 6.92 Å². The molecule has 1 heterocycles. The van der Waals surface area contributed by atoms with E-state index in [1.54, 1.807) is 0 Å². The van der Waals surface area contributed by atoms with Gasteiger partial charge >= 0.3 is 0 Å². The fraction of sp³-hybridized carbons (Fsp3) is 0.562. The minimum atomic E-state index is 0.262. The third kappa shape index (κ3) is 3.04. The second-order valence-corrected chi connectivity index (χ2v) is 5.78. The van der Waals surface area contributed by atoms with Crippen LogP contribution >= 0.6 is 0 Å². The van der Waals surface area contributed by atoms with Crippen molar-refractivity contribution in [2.45, 2.75) is 25.8 Å². The quantitative estimate of drug-likeness (QED) is 0.771. The summed E-state index contributed by atoms with van der Waals surface area (Å²) in [5.74, 6) is 0.262. The zero-order valence-electron chi connectivity index (χ0n) is 11.6. The van der Waals surface area contributed by atoms with Crippen molar-refractivity contribution in [2.24, 2.45) is 0 Å². The molecule has 2 aliphatic rings. The van der Waals surface area contributed by atoms with Gasteiger partial charge in [-0.2, -0.15) is 0 Å². The maximum atomic E-state index is 12.3. The van der Waals surface area contributed by atoms with Crippen LogP contribution in [0.2, 0.25) is 0 Å². The van der Waals surface area contributed by atoms with Gasteiger partial charge in [0.15, 0.2) is 5.78 Å². The normalized spacial score (nSPS) is 21.5. The standard InChI is InChI=1S/C16H22N2O/c1-13-4-2-3-5-15(13)16(19)12-17-8-10-18(11-9-17)14-6-7-14/h2-5,14H,6-12H2,1H3. The first-order valence-corrected chi connectivity index (χ1v) is 7.29. The van der Waals surface area contributed by atoms with Crippen molar-refractivity contribution in [2.75, 3.05) is 32.7 Å². The lowest BCUT2D eigenvalue weighted by Gasteiger charge is -2.34. The van der Waals surface area contributed by atoms with Gasteiger partial charge in [-0.05, 0) is 25.3 Å². The zero-order valence-corrected chi connectivity index (χ0v) is 11.6. The van der Waals surface area contributed by atoms with E-state index in [-0.39, 0.29) is 5.78 Å². The highest BCUT2D eigenvalue weighted by Crippen LogP contribution is 2.27. The summed E-state index contributed by atoms with van der Waals surface area (Å²) in [6.45, 7) is 6.92. The monoisotopic (exact) mass is 258 g/mol. The van der Waals surface area contributed by atoms with Crippen LogP contribution in [-0.2, 0) is 0 Å². The second-order valence-electron chi connectivity index (χ2n) is 5.78. The zero-order chi connectivity index (χ0) is 13.2. The molecule has 0 spiro atoms. The van der Waals surface area contributed by atoms with Crippen LogP contribution in [0.1, 0.15) is 28.8 Å². The van der Waals surface area contributed by atoms with Crippen LogP contribution in [0.4, 0.5) is 0 Å².